The van der Waals surface area contributed by atoms with Crippen LogP contribution in [0.3, 0.4) is 0 Å². The molecule has 8 heteroatoms. The normalized spacial score (nSPS) is 15.3. The average Bonchev–Trinajstić information content (AvgIpc) is 3.00. The van der Waals surface area contributed by atoms with Gasteiger partial charge in [0.15, 0.2) is 5.82 Å². The summed E-state index contributed by atoms with van der Waals surface area (Å²) in [5.74, 6) is 7.82. The Morgan fingerprint density at radius 3 is 2.58 bits per heavy atom. The van der Waals surface area contributed by atoms with E-state index >= 15 is 0 Å². The molecule has 140 valence electrons. The van der Waals surface area contributed by atoms with E-state index in [-0.39, 0.29) is 5.91 Å². The second-order valence-electron chi connectivity index (χ2n) is 6.31. The van der Waals surface area contributed by atoms with Crippen molar-refractivity contribution in [3.63, 3.8) is 0 Å². The highest BCUT2D eigenvalue weighted by molar-refractivity contribution is 7.99. The lowest BCUT2D eigenvalue weighted by Gasteiger charge is -2.24. The van der Waals surface area contributed by atoms with Gasteiger partial charge in [-0.1, -0.05) is 43.2 Å². The number of likely N-dealkylation sites (tertiary alicyclic amines) is 1. The number of nitrogens with zero attached hydrogens (tertiary/aromatic N) is 4. The minimum atomic E-state index is 0.138. The van der Waals surface area contributed by atoms with Crippen LogP contribution >= 0.6 is 11.8 Å². The molecule has 3 rings (SSSR count). The fourth-order valence-electron chi connectivity index (χ4n) is 3.10. The maximum atomic E-state index is 12.5. The van der Waals surface area contributed by atoms with Crippen molar-refractivity contribution in [2.75, 3.05) is 31.8 Å². The number of methoxy groups -OCH3 is 1. The molecule has 1 aliphatic rings. The number of carbonyl (C=O) groups is 1. The lowest BCUT2D eigenvalue weighted by atomic mass is 10.1. The van der Waals surface area contributed by atoms with Crippen molar-refractivity contribution < 1.29 is 9.53 Å². The largest absolute Gasteiger partial charge is 0.496 e. The molecule has 0 radical (unpaired) electrons. The molecule has 1 amide bonds. The zero-order chi connectivity index (χ0) is 18.4. The molecular formula is C18H25N5O2S. The average molecular weight is 375 g/mol. The van der Waals surface area contributed by atoms with E-state index in [2.05, 4.69) is 10.2 Å². The predicted octanol–water partition coefficient (Wildman–Crippen LogP) is 2.55. The molecule has 1 aromatic carbocycles. The smallest absolute Gasteiger partial charge is 0.233 e. The molecule has 0 atom stereocenters. The highest BCUT2D eigenvalue weighted by Crippen LogP contribution is 2.29. The summed E-state index contributed by atoms with van der Waals surface area (Å²) < 4.78 is 6.78. The Hall–Kier alpha value is -2.22. The molecule has 0 bridgehead atoms. The number of amides is 1. The molecule has 0 saturated carbocycles. The predicted molar refractivity (Wildman–Crippen MR) is 103 cm³/mol. The summed E-state index contributed by atoms with van der Waals surface area (Å²) in [6, 6.07) is 7.51. The SMILES string of the molecule is COc1ccccc1-c1nnc(SCC(=O)N2CCCCCCC2)n1N. The number of thioether (sulfide) groups is 1. The summed E-state index contributed by atoms with van der Waals surface area (Å²) in [7, 11) is 1.60. The molecule has 0 spiro atoms. The van der Waals surface area contributed by atoms with Crippen molar-refractivity contribution in [1.82, 2.24) is 19.8 Å². The van der Waals surface area contributed by atoms with Crippen molar-refractivity contribution in [2.45, 2.75) is 37.3 Å². The summed E-state index contributed by atoms with van der Waals surface area (Å²) in [6.45, 7) is 1.70. The van der Waals surface area contributed by atoms with Gasteiger partial charge in [-0.2, -0.15) is 0 Å². The number of hydrogen-bond acceptors (Lipinski definition) is 6. The molecule has 0 aliphatic carbocycles. The Kier molecular flexibility index (Phi) is 6.38. The van der Waals surface area contributed by atoms with Gasteiger partial charge in [-0.3, -0.25) is 4.79 Å². The first kappa shape index (κ1) is 18.6. The summed E-state index contributed by atoms with van der Waals surface area (Å²) >= 11 is 1.32. The number of nitrogens with two attached hydrogens (primary N) is 1. The van der Waals surface area contributed by atoms with Crippen LogP contribution in [0.2, 0.25) is 0 Å². The number of hydrogen-bond donors (Lipinski definition) is 1. The molecular weight excluding hydrogens is 350 g/mol. The van der Waals surface area contributed by atoms with Crippen LogP contribution in [-0.2, 0) is 4.79 Å². The quantitative estimate of drug-likeness (QED) is 0.638. The van der Waals surface area contributed by atoms with E-state index < -0.39 is 0 Å². The molecule has 7 nitrogen and oxygen atoms in total. The first-order valence-electron chi connectivity index (χ1n) is 8.95. The van der Waals surface area contributed by atoms with Crippen LogP contribution in [0.5, 0.6) is 5.75 Å². The van der Waals surface area contributed by atoms with Crippen molar-refractivity contribution in [3.05, 3.63) is 24.3 Å². The first-order chi connectivity index (χ1) is 12.7. The van der Waals surface area contributed by atoms with E-state index in [0.717, 1.165) is 31.5 Å². The summed E-state index contributed by atoms with van der Waals surface area (Å²) in [6.07, 6.45) is 5.86. The van der Waals surface area contributed by atoms with Gasteiger partial charge < -0.3 is 15.5 Å². The Morgan fingerprint density at radius 2 is 1.85 bits per heavy atom. The third kappa shape index (κ3) is 4.30. The Balaban J connectivity index is 1.66. The van der Waals surface area contributed by atoms with Gasteiger partial charge in [0.05, 0.1) is 18.4 Å². The maximum absolute atomic E-state index is 12.5. The van der Waals surface area contributed by atoms with Gasteiger partial charge in [0, 0.05) is 13.1 Å². The fraction of sp³-hybridized carbons (Fsp3) is 0.500. The van der Waals surface area contributed by atoms with Crippen LogP contribution in [-0.4, -0.2) is 51.6 Å². The van der Waals surface area contributed by atoms with E-state index in [1.165, 1.54) is 35.7 Å². The first-order valence-corrected chi connectivity index (χ1v) is 9.93. The van der Waals surface area contributed by atoms with Crippen LogP contribution < -0.4 is 10.6 Å². The van der Waals surface area contributed by atoms with Crippen LogP contribution in [0.15, 0.2) is 29.4 Å². The number of ether oxygens (including phenoxy) is 1. The number of nitrogen functional groups attached to an aromatic ring is 1. The van der Waals surface area contributed by atoms with Crippen LogP contribution in [0.25, 0.3) is 11.4 Å². The van der Waals surface area contributed by atoms with Gasteiger partial charge in [-0.25, -0.2) is 4.68 Å². The molecule has 1 saturated heterocycles. The van der Waals surface area contributed by atoms with E-state index in [0.29, 0.717) is 22.5 Å². The monoisotopic (exact) mass is 375 g/mol. The zero-order valence-corrected chi connectivity index (χ0v) is 15.9. The Morgan fingerprint density at radius 1 is 1.15 bits per heavy atom. The van der Waals surface area contributed by atoms with Gasteiger partial charge >= 0.3 is 0 Å². The molecule has 1 aromatic heterocycles. The number of rotatable bonds is 5. The third-order valence-corrected chi connectivity index (χ3v) is 5.47. The second-order valence-corrected chi connectivity index (χ2v) is 7.26. The molecule has 2 N–H and O–H groups in total. The van der Waals surface area contributed by atoms with Gasteiger partial charge in [0.1, 0.15) is 5.75 Å². The summed E-state index contributed by atoms with van der Waals surface area (Å²) in [5, 5.41) is 8.84. The van der Waals surface area contributed by atoms with Gasteiger partial charge in [-0.05, 0) is 25.0 Å². The second kappa shape index (κ2) is 8.93. The summed E-state index contributed by atoms with van der Waals surface area (Å²) in [5.41, 5.74) is 0.770. The zero-order valence-electron chi connectivity index (χ0n) is 15.1. The number of aromatic nitrogens is 3. The number of para-hydroxylation sites is 1. The fourth-order valence-corrected chi connectivity index (χ4v) is 3.86. The van der Waals surface area contributed by atoms with Crippen LogP contribution in [0, 0.1) is 0 Å². The van der Waals surface area contributed by atoms with Crippen molar-refractivity contribution in [2.24, 2.45) is 0 Å². The molecule has 1 fully saturated rings. The van der Waals surface area contributed by atoms with E-state index in [4.69, 9.17) is 10.6 Å². The number of carbonyl (C=O) groups excluding carboxylic acids is 1. The minimum absolute atomic E-state index is 0.138. The van der Waals surface area contributed by atoms with E-state index in [1.54, 1.807) is 7.11 Å². The van der Waals surface area contributed by atoms with Gasteiger partial charge in [0.25, 0.3) is 0 Å². The Labute approximate surface area is 157 Å². The van der Waals surface area contributed by atoms with Crippen molar-refractivity contribution >= 4 is 17.7 Å². The highest BCUT2D eigenvalue weighted by atomic mass is 32.2. The minimum Gasteiger partial charge on any atom is -0.496 e. The highest BCUT2D eigenvalue weighted by Gasteiger charge is 2.19. The van der Waals surface area contributed by atoms with Crippen LogP contribution in [0.1, 0.15) is 32.1 Å². The van der Waals surface area contributed by atoms with Crippen molar-refractivity contribution in [3.8, 4) is 17.1 Å². The van der Waals surface area contributed by atoms with E-state index in [1.807, 2.05) is 29.2 Å². The molecule has 1 aliphatic heterocycles. The lowest BCUT2D eigenvalue weighted by Crippen LogP contribution is -2.35. The van der Waals surface area contributed by atoms with E-state index in [9.17, 15) is 4.79 Å². The third-order valence-electron chi connectivity index (χ3n) is 4.55. The van der Waals surface area contributed by atoms with Crippen LogP contribution in [0.4, 0.5) is 0 Å². The maximum Gasteiger partial charge on any atom is 0.233 e. The van der Waals surface area contributed by atoms with Crippen molar-refractivity contribution in [1.29, 1.82) is 0 Å². The lowest BCUT2D eigenvalue weighted by molar-refractivity contribution is -0.128. The summed E-state index contributed by atoms with van der Waals surface area (Å²) in [4.78, 5) is 14.5. The van der Waals surface area contributed by atoms with Gasteiger partial charge in [-0.15, -0.1) is 10.2 Å². The molecule has 2 heterocycles. The number of benzene rings is 1. The molecule has 2 aromatic rings. The topological polar surface area (TPSA) is 86.3 Å². The molecule has 26 heavy (non-hydrogen) atoms. The van der Waals surface area contributed by atoms with Gasteiger partial charge in [0.2, 0.25) is 11.1 Å². The Bertz CT molecular complexity index is 741. The standard InChI is InChI=1S/C18H25N5O2S/c1-25-15-10-6-5-9-14(15)17-20-21-18(23(17)19)26-13-16(24)22-11-7-3-2-4-8-12-22/h5-6,9-10H,2-4,7-8,11-13,19H2,1H3. The molecule has 0 unspecified atom stereocenters.